The van der Waals surface area contributed by atoms with E-state index in [1.54, 1.807) is 26.0 Å². The number of hydrogen-bond acceptors (Lipinski definition) is 3. The molecule has 0 aromatic heterocycles. The number of esters is 1. The predicted molar refractivity (Wildman–Crippen MR) is 85.0 cm³/mol. The van der Waals surface area contributed by atoms with Crippen LogP contribution < -0.4 is 0 Å². The van der Waals surface area contributed by atoms with Gasteiger partial charge < -0.3 is 9.84 Å². The fourth-order valence-corrected chi connectivity index (χ4v) is 1.54. The van der Waals surface area contributed by atoms with Gasteiger partial charge in [0.1, 0.15) is 5.75 Å². The highest BCUT2D eigenvalue weighted by Crippen LogP contribution is 2.20. The molecular formula is C18H20O3. The number of carbonyl (C=O) groups excluding carboxylic acids is 1. The maximum atomic E-state index is 10.4. The fraction of sp³-hybridized carbons (Fsp3) is 0.167. The van der Waals surface area contributed by atoms with Crippen LogP contribution in [0.15, 0.2) is 66.7 Å². The van der Waals surface area contributed by atoms with Gasteiger partial charge in [-0.15, -0.1) is 0 Å². The fourth-order valence-electron chi connectivity index (χ4n) is 1.54. The third kappa shape index (κ3) is 5.95. The molecule has 2 aromatic rings. The first-order valence-corrected chi connectivity index (χ1v) is 6.71. The van der Waals surface area contributed by atoms with Crippen molar-refractivity contribution in [3.05, 3.63) is 66.7 Å². The van der Waals surface area contributed by atoms with E-state index in [4.69, 9.17) is 5.11 Å². The first-order chi connectivity index (χ1) is 10.0. The van der Waals surface area contributed by atoms with E-state index in [1.807, 2.05) is 42.5 Å². The topological polar surface area (TPSA) is 46.5 Å². The molecule has 0 unspecified atom stereocenters. The Labute approximate surface area is 125 Å². The summed E-state index contributed by atoms with van der Waals surface area (Å²) in [5.74, 6) is -0.00724. The maximum Gasteiger partial charge on any atom is 0.333 e. The molecule has 2 rings (SSSR count). The molecule has 0 atom stereocenters. The molecule has 21 heavy (non-hydrogen) atoms. The van der Waals surface area contributed by atoms with Gasteiger partial charge >= 0.3 is 5.97 Å². The lowest BCUT2D eigenvalue weighted by Gasteiger charge is -2.00. The van der Waals surface area contributed by atoms with Gasteiger partial charge in [-0.1, -0.05) is 49.0 Å². The Morgan fingerprint density at radius 1 is 1.05 bits per heavy atom. The van der Waals surface area contributed by atoms with Gasteiger partial charge in [0.15, 0.2) is 0 Å². The van der Waals surface area contributed by atoms with Crippen molar-refractivity contribution in [2.24, 2.45) is 0 Å². The van der Waals surface area contributed by atoms with Crippen LogP contribution >= 0.6 is 0 Å². The lowest BCUT2D eigenvalue weighted by atomic mass is 10.1. The minimum atomic E-state index is -0.312. The van der Waals surface area contributed by atoms with Crippen molar-refractivity contribution >= 4 is 5.97 Å². The SMILES string of the molecule is C=C(C)C(=O)OCC.Oc1ccc(-c2ccccc2)cc1. The zero-order valence-corrected chi connectivity index (χ0v) is 12.4. The molecule has 110 valence electrons. The molecule has 0 heterocycles. The first-order valence-electron chi connectivity index (χ1n) is 6.71. The molecule has 0 radical (unpaired) electrons. The second-order valence-corrected chi connectivity index (χ2v) is 4.41. The van der Waals surface area contributed by atoms with E-state index >= 15 is 0 Å². The van der Waals surface area contributed by atoms with Gasteiger partial charge in [0.2, 0.25) is 0 Å². The Morgan fingerprint density at radius 2 is 1.57 bits per heavy atom. The smallest absolute Gasteiger partial charge is 0.333 e. The largest absolute Gasteiger partial charge is 0.508 e. The zero-order valence-electron chi connectivity index (χ0n) is 12.4. The van der Waals surface area contributed by atoms with E-state index in [-0.39, 0.29) is 5.97 Å². The van der Waals surface area contributed by atoms with Crippen molar-refractivity contribution in [1.82, 2.24) is 0 Å². The van der Waals surface area contributed by atoms with Crippen LogP contribution in [0, 0.1) is 0 Å². The highest BCUT2D eigenvalue weighted by Gasteiger charge is 1.98. The quantitative estimate of drug-likeness (QED) is 0.679. The minimum Gasteiger partial charge on any atom is -0.508 e. The second kappa shape index (κ2) is 8.59. The number of hydrogen-bond donors (Lipinski definition) is 1. The third-order valence-corrected chi connectivity index (χ3v) is 2.60. The lowest BCUT2D eigenvalue weighted by Crippen LogP contribution is -2.03. The predicted octanol–water partition coefficient (Wildman–Crippen LogP) is 4.18. The van der Waals surface area contributed by atoms with E-state index in [9.17, 15) is 4.79 Å². The molecule has 0 aliphatic heterocycles. The molecule has 0 saturated heterocycles. The van der Waals surface area contributed by atoms with Crippen molar-refractivity contribution in [3.8, 4) is 16.9 Å². The van der Waals surface area contributed by atoms with Crippen LogP contribution in [0.2, 0.25) is 0 Å². The number of ether oxygens (including phenoxy) is 1. The van der Waals surface area contributed by atoms with Gasteiger partial charge in [-0.25, -0.2) is 4.79 Å². The highest BCUT2D eigenvalue weighted by molar-refractivity contribution is 5.86. The summed E-state index contributed by atoms with van der Waals surface area (Å²) in [6.07, 6.45) is 0. The summed E-state index contributed by atoms with van der Waals surface area (Å²) in [5, 5.41) is 9.10. The summed E-state index contributed by atoms with van der Waals surface area (Å²) in [5.41, 5.74) is 2.74. The lowest BCUT2D eigenvalue weighted by molar-refractivity contribution is -0.138. The van der Waals surface area contributed by atoms with Crippen molar-refractivity contribution in [3.63, 3.8) is 0 Å². The van der Waals surface area contributed by atoms with E-state index in [0.29, 0.717) is 17.9 Å². The molecule has 0 bridgehead atoms. The Kier molecular flexibility index (Phi) is 6.75. The standard InChI is InChI=1S/C12H10O.C6H10O2/c13-12-8-6-11(7-9-12)10-4-2-1-3-5-10;1-4-8-6(7)5(2)3/h1-9,13H;2,4H2,1,3H3. The Balaban J connectivity index is 0.000000240. The van der Waals surface area contributed by atoms with Crippen LogP contribution in [-0.2, 0) is 9.53 Å². The number of phenols is 1. The van der Waals surface area contributed by atoms with Crippen molar-refractivity contribution in [2.75, 3.05) is 6.61 Å². The summed E-state index contributed by atoms with van der Waals surface area (Å²) in [6, 6.07) is 17.3. The number of phenolic OH excluding ortho intramolecular Hbond substituents is 1. The summed E-state index contributed by atoms with van der Waals surface area (Å²) in [6.45, 7) is 7.21. The molecule has 0 spiro atoms. The molecule has 0 fully saturated rings. The summed E-state index contributed by atoms with van der Waals surface area (Å²) in [4.78, 5) is 10.4. The van der Waals surface area contributed by atoms with E-state index in [0.717, 1.165) is 5.56 Å². The molecule has 0 saturated carbocycles. The van der Waals surface area contributed by atoms with E-state index in [1.165, 1.54) is 5.56 Å². The summed E-state index contributed by atoms with van der Waals surface area (Å²) >= 11 is 0. The van der Waals surface area contributed by atoms with E-state index < -0.39 is 0 Å². The molecule has 1 N–H and O–H groups in total. The van der Waals surface area contributed by atoms with Crippen LogP contribution in [0.3, 0.4) is 0 Å². The van der Waals surface area contributed by atoms with Gasteiger partial charge in [-0.3, -0.25) is 0 Å². The highest BCUT2D eigenvalue weighted by atomic mass is 16.5. The molecule has 3 nitrogen and oxygen atoms in total. The first kappa shape index (κ1) is 16.5. The van der Waals surface area contributed by atoms with Crippen LogP contribution in [0.1, 0.15) is 13.8 Å². The molecule has 2 aromatic carbocycles. The Bertz CT molecular complexity index is 571. The van der Waals surface area contributed by atoms with Crippen molar-refractivity contribution < 1.29 is 14.6 Å². The molecule has 0 amide bonds. The summed E-state index contributed by atoms with van der Waals surface area (Å²) < 4.78 is 4.56. The minimum absolute atomic E-state index is 0.305. The normalized spacial score (nSPS) is 9.24. The van der Waals surface area contributed by atoms with Crippen LogP contribution in [0.5, 0.6) is 5.75 Å². The van der Waals surface area contributed by atoms with Crippen LogP contribution in [0.4, 0.5) is 0 Å². The van der Waals surface area contributed by atoms with Crippen LogP contribution in [-0.4, -0.2) is 17.7 Å². The average molecular weight is 284 g/mol. The van der Waals surface area contributed by atoms with Crippen molar-refractivity contribution in [1.29, 1.82) is 0 Å². The molecule has 3 heteroatoms. The molecule has 0 aliphatic carbocycles. The third-order valence-electron chi connectivity index (χ3n) is 2.60. The molecule has 0 aliphatic rings. The average Bonchev–Trinajstić information content (AvgIpc) is 2.50. The van der Waals surface area contributed by atoms with Gasteiger partial charge in [-0.2, -0.15) is 0 Å². The maximum absolute atomic E-state index is 10.4. The van der Waals surface area contributed by atoms with E-state index in [2.05, 4.69) is 11.3 Å². The number of rotatable bonds is 3. The molecular weight excluding hydrogens is 264 g/mol. The Morgan fingerprint density at radius 3 is 2.00 bits per heavy atom. The Hall–Kier alpha value is -2.55. The van der Waals surface area contributed by atoms with Crippen molar-refractivity contribution in [2.45, 2.75) is 13.8 Å². The van der Waals surface area contributed by atoms with Gasteiger partial charge in [0.05, 0.1) is 6.61 Å². The summed E-state index contributed by atoms with van der Waals surface area (Å²) in [7, 11) is 0. The number of aromatic hydroxyl groups is 1. The van der Waals surface area contributed by atoms with Gasteiger partial charge in [0.25, 0.3) is 0 Å². The number of benzene rings is 2. The number of carbonyl (C=O) groups is 1. The van der Waals surface area contributed by atoms with Gasteiger partial charge in [0, 0.05) is 5.57 Å². The monoisotopic (exact) mass is 284 g/mol. The van der Waals surface area contributed by atoms with Gasteiger partial charge in [-0.05, 0) is 37.1 Å². The van der Waals surface area contributed by atoms with Crippen LogP contribution in [0.25, 0.3) is 11.1 Å². The second-order valence-electron chi connectivity index (χ2n) is 4.41. The zero-order chi connectivity index (χ0) is 15.7.